The van der Waals surface area contributed by atoms with Crippen molar-refractivity contribution in [2.24, 2.45) is 0 Å². The number of aryl methyl sites for hydroxylation is 1. The van der Waals surface area contributed by atoms with Crippen molar-refractivity contribution in [3.63, 3.8) is 0 Å². The number of anilines is 2. The molecular weight excluding hydrogens is 352 g/mol. The average Bonchev–Trinajstić information content (AvgIpc) is 2.69. The van der Waals surface area contributed by atoms with E-state index in [4.69, 9.17) is 16.3 Å². The number of benzene rings is 1. The van der Waals surface area contributed by atoms with E-state index in [2.05, 4.69) is 15.2 Å². The van der Waals surface area contributed by atoms with Crippen LogP contribution in [0.1, 0.15) is 5.56 Å². The molecule has 6 nitrogen and oxygen atoms in total. The van der Waals surface area contributed by atoms with Gasteiger partial charge in [-0.1, -0.05) is 17.7 Å². The summed E-state index contributed by atoms with van der Waals surface area (Å²) in [6, 6.07) is 9.53. The smallest absolute Gasteiger partial charge is 0.241 e. The molecule has 1 fully saturated rings. The van der Waals surface area contributed by atoms with Crippen molar-refractivity contribution in [2.45, 2.75) is 6.92 Å². The molecule has 1 N–H and O–H groups in total. The minimum absolute atomic E-state index is 0.0697. The number of methoxy groups -OCH3 is 1. The maximum Gasteiger partial charge on any atom is 0.241 e. The van der Waals surface area contributed by atoms with Gasteiger partial charge in [-0.15, -0.1) is 0 Å². The van der Waals surface area contributed by atoms with Crippen molar-refractivity contribution in [2.75, 3.05) is 50.1 Å². The maximum absolute atomic E-state index is 12.5. The molecule has 0 bridgehead atoms. The number of nitrogens with one attached hydrogen (secondary N) is 1. The molecular formula is C19H23ClN4O2. The van der Waals surface area contributed by atoms with E-state index in [1.807, 2.05) is 36.1 Å². The zero-order chi connectivity index (χ0) is 18.5. The fraction of sp³-hybridized carbons (Fsp3) is 0.368. The number of hydrogen-bond donors (Lipinski definition) is 1. The highest BCUT2D eigenvalue weighted by Gasteiger charge is 2.21. The van der Waals surface area contributed by atoms with Crippen molar-refractivity contribution in [1.29, 1.82) is 0 Å². The number of carbonyl (C=O) groups is 1. The van der Waals surface area contributed by atoms with E-state index in [0.29, 0.717) is 23.9 Å². The van der Waals surface area contributed by atoms with Gasteiger partial charge in [0.15, 0.2) is 0 Å². The van der Waals surface area contributed by atoms with Crippen LogP contribution in [0.3, 0.4) is 0 Å². The Morgan fingerprint density at radius 3 is 2.69 bits per heavy atom. The summed E-state index contributed by atoms with van der Waals surface area (Å²) in [5.74, 6) is 1.66. The summed E-state index contributed by atoms with van der Waals surface area (Å²) < 4.78 is 5.34. The number of piperazine rings is 1. The fourth-order valence-corrected chi connectivity index (χ4v) is 3.13. The van der Waals surface area contributed by atoms with Crippen LogP contribution in [0.15, 0.2) is 36.5 Å². The van der Waals surface area contributed by atoms with Crippen LogP contribution in [0.25, 0.3) is 0 Å². The van der Waals surface area contributed by atoms with Gasteiger partial charge in [-0.3, -0.25) is 4.79 Å². The summed E-state index contributed by atoms with van der Waals surface area (Å²) in [6.45, 7) is 5.09. The van der Waals surface area contributed by atoms with E-state index in [-0.39, 0.29) is 12.5 Å². The number of hydrogen-bond acceptors (Lipinski definition) is 5. The molecule has 7 heteroatoms. The topological polar surface area (TPSA) is 57.7 Å². The van der Waals surface area contributed by atoms with Gasteiger partial charge in [-0.05, 0) is 30.7 Å². The van der Waals surface area contributed by atoms with Crippen LogP contribution in [-0.2, 0) is 4.79 Å². The van der Waals surface area contributed by atoms with Gasteiger partial charge in [-0.2, -0.15) is 0 Å². The lowest BCUT2D eigenvalue weighted by Crippen LogP contribution is -2.50. The van der Waals surface area contributed by atoms with Gasteiger partial charge < -0.3 is 19.9 Å². The van der Waals surface area contributed by atoms with Crippen molar-refractivity contribution in [3.05, 3.63) is 47.1 Å². The minimum Gasteiger partial charge on any atom is -0.495 e. The van der Waals surface area contributed by atoms with E-state index in [1.54, 1.807) is 19.4 Å². The highest BCUT2D eigenvalue weighted by atomic mass is 35.5. The molecule has 0 aliphatic carbocycles. The molecule has 138 valence electrons. The Morgan fingerprint density at radius 2 is 2.04 bits per heavy atom. The van der Waals surface area contributed by atoms with E-state index in [0.717, 1.165) is 30.2 Å². The van der Waals surface area contributed by atoms with E-state index in [1.165, 1.54) is 0 Å². The second kappa shape index (κ2) is 8.27. The lowest BCUT2D eigenvalue weighted by atomic mass is 10.2. The van der Waals surface area contributed by atoms with E-state index in [9.17, 15) is 4.79 Å². The van der Waals surface area contributed by atoms with Crippen LogP contribution < -0.4 is 15.0 Å². The van der Waals surface area contributed by atoms with Crippen molar-refractivity contribution >= 4 is 29.0 Å². The summed E-state index contributed by atoms with van der Waals surface area (Å²) in [7, 11) is 1.59. The molecule has 0 atom stereocenters. The summed E-state index contributed by atoms with van der Waals surface area (Å²) in [4.78, 5) is 21.0. The first-order valence-corrected chi connectivity index (χ1v) is 8.98. The molecule has 0 saturated carbocycles. The number of rotatable bonds is 5. The molecule has 1 aromatic carbocycles. The Bertz CT molecular complexity index is 762. The van der Waals surface area contributed by atoms with E-state index >= 15 is 0 Å². The Kier molecular flexibility index (Phi) is 5.83. The van der Waals surface area contributed by atoms with Gasteiger partial charge in [0.25, 0.3) is 0 Å². The molecule has 3 rings (SSSR count). The predicted octanol–water partition coefficient (Wildman–Crippen LogP) is 2.81. The Hall–Kier alpha value is -2.47. The number of amides is 1. The first-order chi connectivity index (χ1) is 12.6. The first-order valence-electron chi connectivity index (χ1n) is 8.60. The third kappa shape index (κ3) is 4.19. The number of carbonyl (C=O) groups excluding carboxylic acids is 1. The Balaban J connectivity index is 1.54. The van der Waals surface area contributed by atoms with Crippen LogP contribution >= 0.6 is 11.6 Å². The van der Waals surface area contributed by atoms with Crippen LogP contribution in [0.2, 0.25) is 5.02 Å². The molecule has 26 heavy (non-hydrogen) atoms. The number of pyridine rings is 1. The van der Waals surface area contributed by atoms with Crippen molar-refractivity contribution in [3.8, 4) is 5.75 Å². The van der Waals surface area contributed by atoms with Gasteiger partial charge in [0.1, 0.15) is 11.6 Å². The number of aromatic nitrogens is 1. The number of nitrogens with zero attached hydrogens (tertiary/aromatic N) is 3. The van der Waals surface area contributed by atoms with Crippen LogP contribution in [-0.4, -0.2) is 55.6 Å². The van der Waals surface area contributed by atoms with Gasteiger partial charge in [0, 0.05) is 43.5 Å². The predicted molar refractivity (Wildman–Crippen MR) is 104 cm³/mol. The number of halogens is 1. The lowest BCUT2D eigenvalue weighted by Gasteiger charge is -2.35. The fourth-order valence-electron chi connectivity index (χ4n) is 2.98. The molecule has 1 aliphatic rings. The molecule has 0 unspecified atom stereocenters. The molecule has 1 aromatic heterocycles. The van der Waals surface area contributed by atoms with E-state index < -0.39 is 0 Å². The molecule has 2 aromatic rings. The lowest BCUT2D eigenvalue weighted by molar-refractivity contribution is -0.129. The zero-order valence-corrected chi connectivity index (χ0v) is 15.8. The summed E-state index contributed by atoms with van der Waals surface area (Å²) in [5, 5.41) is 3.81. The Labute approximate surface area is 158 Å². The molecule has 0 radical (unpaired) electrons. The summed E-state index contributed by atoms with van der Waals surface area (Å²) >= 11 is 6.12. The van der Waals surface area contributed by atoms with Gasteiger partial charge >= 0.3 is 0 Å². The van der Waals surface area contributed by atoms with Crippen LogP contribution in [0, 0.1) is 6.92 Å². The molecule has 1 saturated heterocycles. The summed E-state index contributed by atoms with van der Waals surface area (Å²) in [5.41, 5.74) is 1.71. The molecule has 1 aliphatic heterocycles. The third-order valence-corrected chi connectivity index (χ3v) is 4.92. The highest BCUT2D eigenvalue weighted by Crippen LogP contribution is 2.30. The SMILES string of the molecule is COc1cc(Cl)c(C)cc1NCC(=O)N1CCN(c2ccccn2)CC1. The monoisotopic (exact) mass is 374 g/mol. The number of ether oxygens (including phenoxy) is 1. The minimum atomic E-state index is 0.0697. The molecule has 0 spiro atoms. The zero-order valence-electron chi connectivity index (χ0n) is 15.0. The normalized spacial score (nSPS) is 14.3. The van der Waals surface area contributed by atoms with Gasteiger partial charge in [-0.25, -0.2) is 4.98 Å². The summed E-state index contributed by atoms with van der Waals surface area (Å²) in [6.07, 6.45) is 1.79. The Morgan fingerprint density at radius 1 is 1.27 bits per heavy atom. The van der Waals surface area contributed by atoms with Crippen molar-refractivity contribution in [1.82, 2.24) is 9.88 Å². The van der Waals surface area contributed by atoms with Gasteiger partial charge in [0.2, 0.25) is 5.91 Å². The third-order valence-electron chi connectivity index (χ3n) is 4.52. The standard InChI is InChI=1S/C19H23ClN4O2/c1-14-11-16(17(26-2)12-15(14)20)22-13-19(25)24-9-7-23(8-10-24)18-5-3-4-6-21-18/h3-6,11-12,22H,7-10,13H2,1-2H3. The molecule has 2 heterocycles. The van der Waals surface area contributed by atoms with Crippen LogP contribution in [0.5, 0.6) is 5.75 Å². The highest BCUT2D eigenvalue weighted by molar-refractivity contribution is 6.31. The maximum atomic E-state index is 12.5. The quantitative estimate of drug-likeness (QED) is 0.872. The molecule has 1 amide bonds. The average molecular weight is 375 g/mol. The van der Waals surface area contributed by atoms with Gasteiger partial charge in [0.05, 0.1) is 19.3 Å². The van der Waals surface area contributed by atoms with Crippen molar-refractivity contribution < 1.29 is 9.53 Å². The van der Waals surface area contributed by atoms with Crippen LogP contribution in [0.4, 0.5) is 11.5 Å². The largest absolute Gasteiger partial charge is 0.495 e. The first kappa shape index (κ1) is 18.3. The second-order valence-corrected chi connectivity index (χ2v) is 6.62. The second-order valence-electron chi connectivity index (χ2n) is 6.21.